The fourth-order valence-corrected chi connectivity index (χ4v) is 5.24. The zero-order valence-electron chi connectivity index (χ0n) is 19.2. The molecule has 0 aromatic heterocycles. The van der Waals surface area contributed by atoms with Crippen LogP contribution in [0.15, 0.2) is 97.1 Å². The summed E-state index contributed by atoms with van der Waals surface area (Å²) in [5, 5.41) is 0. The van der Waals surface area contributed by atoms with Crippen LogP contribution in [0.5, 0.6) is 11.5 Å². The first kappa shape index (κ1) is 21.6. The number of hydrogen-bond acceptors (Lipinski definition) is 3. The molecule has 1 saturated heterocycles. The van der Waals surface area contributed by atoms with Gasteiger partial charge in [-0.1, -0.05) is 60.7 Å². The highest BCUT2D eigenvalue weighted by molar-refractivity contribution is 5.97. The third-order valence-electron chi connectivity index (χ3n) is 6.93. The molecule has 1 fully saturated rings. The molecule has 0 atom stereocenters. The van der Waals surface area contributed by atoms with Crippen molar-refractivity contribution in [3.05, 3.63) is 120 Å². The third-order valence-corrected chi connectivity index (χ3v) is 6.93. The Hall–Kier alpha value is -3.96. The van der Waals surface area contributed by atoms with Gasteiger partial charge in [0.05, 0.1) is 11.6 Å². The normalized spacial score (nSPS) is 15.5. The summed E-state index contributed by atoms with van der Waals surface area (Å²) in [6.07, 6.45) is 0. The number of benzene rings is 4. The molecule has 2 aliphatic rings. The molecule has 174 valence electrons. The van der Waals surface area contributed by atoms with Crippen LogP contribution in [0, 0.1) is 5.82 Å². The van der Waals surface area contributed by atoms with E-state index in [1.165, 1.54) is 34.4 Å². The van der Waals surface area contributed by atoms with E-state index in [1.807, 2.05) is 17.0 Å². The smallest absolute Gasteiger partial charge is 0.257 e. The molecule has 1 amide bonds. The number of halogens is 1. The molecule has 0 unspecified atom stereocenters. The summed E-state index contributed by atoms with van der Waals surface area (Å²) in [4.78, 5) is 17.8. The van der Waals surface area contributed by atoms with Crippen molar-refractivity contribution >= 4 is 5.91 Å². The van der Waals surface area contributed by atoms with Crippen molar-refractivity contribution in [1.29, 1.82) is 0 Å². The quantitative estimate of drug-likeness (QED) is 0.363. The van der Waals surface area contributed by atoms with E-state index in [1.54, 1.807) is 24.3 Å². The molecule has 4 nitrogen and oxygen atoms in total. The Morgan fingerprint density at radius 1 is 0.714 bits per heavy atom. The van der Waals surface area contributed by atoms with Gasteiger partial charge in [0, 0.05) is 26.2 Å². The van der Waals surface area contributed by atoms with Crippen LogP contribution in [0.1, 0.15) is 27.5 Å². The first-order valence-corrected chi connectivity index (χ1v) is 11.9. The van der Waals surface area contributed by atoms with E-state index in [2.05, 4.69) is 53.4 Å². The summed E-state index contributed by atoms with van der Waals surface area (Å²) in [7, 11) is 0. The summed E-state index contributed by atoms with van der Waals surface area (Å²) in [5.41, 5.74) is 5.80. The largest absolute Gasteiger partial charge is 0.457 e. The fourth-order valence-electron chi connectivity index (χ4n) is 5.24. The highest BCUT2D eigenvalue weighted by Gasteiger charge is 2.35. The van der Waals surface area contributed by atoms with Crippen molar-refractivity contribution in [2.45, 2.75) is 6.04 Å². The second-order valence-corrected chi connectivity index (χ2v) is 8.96. The van der Waals surface area contributed by atoms with Crippen molar-refractivity contribution in [3.63, 3.8) is 0 Å². The molecule has 0 saturated carbocycles. The van der Waals surface area contributed by atoms with E-state index in [0.29, 0.717) is 30.2 Å². The minimum Gasteiger partial charge on any atom is -0.457 e. The number of rotatable bonds is 4. The average molecular weight is 465 g/mol. The number of hydrogen-bond donors (Lipinski definition) is 0. The number of para-hydroxylation sites is 1. The van der Waals surface area contributed by atoms with E-state index in [9.17, 15) is 9.18 Å². The number of carbonyl (C=O) groups excluding carboxylic acids is 1. The maximum atomic E-state index is 13.5. The van der Waals surface area contributed by atoms with Crippen LogP contribution in [0.4, 0.5) is 4.39 Å². The van der Waals surface area contributed by atoms with Gasteiger partial charge >= 0.3 is 0 Å². The van der Waals surface area contributed by atoms with E-state index in [4.69, 9.17) is 4.74 Å². The van der Waals surface area contributed by atoms with Gasteiger partial charge in [0.2, 0.25) is 0 Å². The van der Waals surface area contributed by atoms with E-state index >= 15 is 0 Å². The number of nitrogens with zero attached hydrogens (tertiary/aromatic N) is 2. The number of piperazine rings is 1. The van der Waals surface area contributed by atoms with Crippen LogP contribution in [0.25, 0.3) is 11.1 Å². The van der Waals surface area contributed by atoms with E-state index < -0.39 is 0 Å². The highest BCUT2D eigenvalue weighted by Crippen LogP contribution is 2.46. The number of fused-ring (bicyclic) bond motifs is 3. The van der Waals surface area contributed by atoms with Crippen molar-refractivity contribution < 1.29 is 13.9 Å². The molecule has 4 aromatic rings. The number of amides is 1. The summed E-state index contributed by atoms with van der Waals surface area (Å²) >= 11 is 0. The van der Waals surface area contributed by atoms with E-state index in [0.717, 1.165) is 13.1 Å². The Kier molecular flexibility index (Phi) is 5.55. The summed E-state index contributed by atoms with van der Waals surface area (Å²) in [5.74, 6) is 0.599. The molecule has 0 radical (unpaired) electrons. The van der Waals surface area contributed by atoms with Gasteiger partial charge in [0.25, 0.3) is 5.91 Å². The minimum atomic E-state index is -0.327. The summed E-state index contributed by atoms with van der Waals surface area (Å²) in [6, 6.07) is 30.5. The Morgan fingerprint density at radius 3 is 1.94 bits per heavy atom. The van der Waals surface area contributed by atoms with E-state index in [-0.39, 0.29) is 17.8 Å². The lowest BCUT2D eigenvalue weighted by Crippen LogP contribution is -2.49. The van der Waals surface area contributed by atoms with Gasteiger partial charge in [-0.25, -0.2) is 4.39 Å². The topological polar surface area (TPSA) is 32.8 Å². The Morgan fingerprint density at radius 2 is 1.29 bits per heavy atom. The third kappa shape index (κ3) is 3.98. The second kappa shape index (κ2) is 9.01. The monoisotopic (exact) mass is 464 g/mol. The molecule has 1 heterocycles. The SMILES string of the molecule is O=C(c1ccccc1Oc1ccc(F)cc1)N1CCN(C2c3ccccc3-c3ccccc32)CC1. The lowest BCUT2D eigenvalue weighted by Gasteiger charge is -2.38. The standard InChI is InChI=1S/C30H25FN2O2/c31-21-13-15-22(16-14-21)35-28-12-6-5-11-27(28)30(34)33-19-17-32(18-20-33)29-25-9-3-1-7-23(25)24-8-2-4-10-26(24)29/h1-16,29H,17-20H2. The van der Waals surface area contributed by atoms with Gasteiger partial charge < -0.3 is 9.64 Å². The van der Waals surface area contributed by atoms with Gasteiger partial charge in [-0.05, 0) is 58.7 Å². The molecule has 35 heavy (non-hydrogen) atoms. The molecular formula is C30H25FN2O2. The van der Waals surface area contributed by atoms with Gasteiger partial charge in [-0.3, -0.25) is 9.69 Å². The molecule has 1 aliphatic heterocycles. The fraction of sp³-hybridized carbons (Fsp3) is 0.167. The van der Waals surface area contributed by atoms with Crippen molar-refractivity contribution in [2.24, 2.45) is 0 Å². The predicted octanol–water partition coefficient (Wildman–Crippen LogP) is 6.15. The van der Waals surface area contributed by atoms with Crippen LogP contribution >= 0.6 is 0 Å². The van der Waals surface area contributed by atoms with Crippen LogP contribution in [0.3, 0.4) is 0 Å². The predicted molar refractivity (Wildman–Crippen MR) is 134 cm³/mol. The minimum absolute atomic E-state index is 0.0467. The van der Waals surface area contributed by atoms with Crippen molar-refractivity contribution in [3.8, 4) is 22.6 Å². The molecule has 4 aromatic carbocycles. The average Bonchev–Trinajstić information content (AvgIpc) is 3.24. The Balaban J connectivity index is 1.19. The number of carbonyl (C=O) groups is 1. The molecule has 0 spiro atoms. The second-order valence-electron chi connectivity index (χ2n) is 8.96. The van der Waals surface area contributed by atoms with Gasteiger partial charge in [0.1, 0.15) is 17.3 Å². The zero-order valence-corrected chi connectivity index (χ0v) is 19.2. The van der Waals surface area contributed by atoms with Crippen LogP contribution in [0.2, 0.25) is 0 Å². The molecule has 5 heteroatoms. The lowest BCUT2D eigenvalue weighted by atomic mass is 10.0. The van der Waals surface area contributed by atoms with Gasteiger partial charge in [0.15, 0.2) is 0 Å². The Bertz CT molecular complexity index is 1330. The van der Waals surface area contributed by atoms with Crippen LogP contribution in [-0.2, 0) is 0 Å². The maximum absolute atomic E-state index is 13.5. The zero-order chi connectivity index (χ0) is 23.8. The number of ether oxygens (including phenoxy) is 1. The highest BCUT2D eigenvalue weighted by atomic mass is 19.1. The molecule has 0 bridgehead atoms. The lowest BCUT2D eigenvalue weighted by molar-refractivity contribution is 0.0597. The van der Waals surface area contributed by atoms with Gasteiger partial charge in [-0.15, -0.1) is 0 Å². The molecule has 6 rings (SSSR count). The first-order valence-electron chi connectivity index (χ1n) is 11.9. The summed E-state index contributed by atoms with van der Waals surface area (Å²) < 4.78 is 19.2. The Labute approximate surface area is 204 Å². The van der Waals surface area contributed by atoms with Crippen molar-refractivity contribution in [2.75, 3.05) is 26.2 Å². The van der Waals surface area contributed by atoms with Gasteiger partial charge in [-0.2, -0.15) is 0 Å². The summed E-state index contributed by atoms with van der Waals surface area (Å²) in [6.45, 7) is 2.87. The first-order chi connectivity index (χ1) is 17.2. The van der Waals surface area contributed by atoms with Crippen molar-refractivity contribution in [1.82, 2.24) is 9.80 Å². The van der Waals surface area contributed by atoms with Crippen LogP contribution in [-0.4, -0.2) is 41.9 Å². The molecule has 1 aliphatic carbocycles. The molecule has 0 N–H and O–H groups in total. The van der Waals surface area contributed by atoms with Crippen LogP contribution < -0.4 is 4.74 Å². The maximum Gasteiger partial charge on any atom is 0.257 e. The molecular weight excluding hydrogens is 439 g/mol.